The summed E-state index contributed by atoms with van der Waals surface area (Å²) in [6, 6.07) is 0. The van der Waals surface area contributed by atoms with E-state index in [0.717, 1.165) is 25.7 Å². The molecule has 0 radical (unpaired) electrons. The minimum Gasteiger partial charge on any atom is -0.352 e. The highest BCUT2D eigenvalue weighted by atomic mass is 16.5. The van der Waals surface area contributed by atoms with Gasteiger partial charge >= 0.3 is 0 Å². The Morgan fingerprint density at radius 3 is 2.62 bits per heavy atom. The number of hydrogen-bond acceptors (Lipinski definition) is 2. The molecule has 0 bridgehead atoms. The van der Waals surface area contributed by atoms with E-state index in [-0.39, 0.29) is 23.7 Å². The zero-order chi connectivity index (χ0) is 11.0. The van der Waals surface area contributed by atoms with Crippen LogP contribution in [0.25, 0.3) is 0 Å². The monoisotopic (exact) mass is 223 g/mol. The molecule has 3 rings (SSSR count). The molecule has 2 atom stereocenters. The van der Waals surface area contributed by atoms with Crippen molar-refractivity contribution in [2.75, 3.05) is 0 Å². The predicted molar refractivity (Wildman–Crippen MR) is 60.8 cm³/mol. The number of carbonyl (C=O) groups is 1. The number of fused-ring (bicyclic) bond motifs is 1. The number of rotatable bonds is 0. The maximum atomic E-state index is 12.1. The van der Waals surface area contributed by atoms with Gasteiger partial charge in [-0.3, -0.25) is 4.79 Å². The van der Waals surface area contributed by atoms with Crippen molar-refractivity contribution >= 4 is 5.91 Å². The van der Waals surface area contributed by atoms with Crippen molar-refractivity contribution in [3.63, 3.8) is 0 Å². The lowest BCUT2D eigenvalue weighted by Gasteiger charge is -2.48. The molecule has 0 unspecified atom stereocenters. The molecule has 0 aromatic carbocycles. The molecule has 1 heterocycles. The summed E-state index contributed by atoms with van der Waals surface area (Å²) in [4.78, 5) is 12.1. The summed E-state index contributed by atoms with van der Waals surface area (Å²) in [7, 11) is 0. The second-order valence-electron chi connectivity index (χ2n) is 5.59. The highest BCUT2D eigenvalue weighted by molar-refractivity contribution is 5.80. The van der Waals surface area contributed by atoms with Gasteiger partial charge in [0.05, 0.1) is 12.0 Å². The van der Waals surface area contributed by atoms with Crippen molar-refractivity contribution in [2.45, 2.75) is 69.6 Å². The third-order valence-corrected chi connectivity index (χ3v) is 4.43. The molecule has 2 aliphatic carbocycles. The van der Waals surface area contributed by atoms with Crippen LogP contribution in [-0.4, -0.2) is 17.7 Å². The third kappa shape index (κ3) is 1.75. The predicted octanol–water partition coefficient (Wildman–Crippen LogP) is 2.35. The number of ether oxygens (including phenoxy) is 1. The van der Waals surface area contributed by atoms with E-state index in [0.29, 0.717) is 0 Å². The molecule has 0 aromatic rings. The van der Waals surface area contributed by atoms with Gasteiger partial charge in [-0.25, -0.2) is 0 Å². The minimum absolute atomic E-state index is 0.140. The van der Waals surface area contributed by atoms with Crippen LogP contribution in [0.15, 0.2) is 0 Å². The SMILES string of the molecule is O=C1NC2(CCCCC2)O[C@H]2CCCC[C@@H]12. The summed E-state index contributed by atoms with van der Waals surface area (Å²) >= 11 is 0. The van der Waals surface area contributed by atoms with Gasteiger partial charge in [0, 0.05) is 0 Å². The Hall–Kier alpha value is -0.570. The smallest absolute Gasteiger partial charge is 0.227 e. The van der Waals surface area contributed by atoms with Crippen molar-refractivity contribution < 1.29 is 9.53 Å². The standard InChI is InChI=1S/C13H21NO2/c15-12-10-6-2-3-7-11(10)16-13(14-12)8-4-1-5-9-13/h10-11H,1-9H2,(H,14,15)/t10-,11+/m1/s1. The van der Waals surface area contributed by atoms with Gasteiger partial charge in [-0.1, -0.05) is 19.3 Å². The second kappa shape index (κ2) is 4.02. The van der Waals surface area contributed by atoms with Crippen LogP contribution in [0.5, 0.6) is 0 Å². The van der Waals surface area contributed by atoms with E-state index in [9.17, 15) is 4.79 Å². The first kappa shape index (κ1) is 10.6. The molecule has 3 aliphatic rings. The fourth-order valence-electron chi connectivity index (χ4n) is 3.54. The molecule has 1 saturated heterocycles. The van der Waals surface area contributed by atoms with Crippen LogP contribution in [0.3, 0.4) is 0 Å². The van der Waals surface area contributed by atoms with E-state index in [2.05, 4.69) is 5.32 Å². The number of nitrogens with one attached hydrogen (secondary N) is 1. The largest absolute Gasteiger partial charge is 0.352 e. The molecular formula is C13H21NO2. The Kier molecular flexibility index (Phi) is 2.66. The van der Waals surface area contributed by atoms with E-state index in [1.54, 1.807) is 0 Å². The Balaban J connectivity index is 1.77. The van der Waals surface area contributed by atoms with E-state index < -0.39 is 0 Å². The highest BCUT2D eigenvalue weighted by Gasteiger charge is 2.46. The first-order valence-corrected chi connectivity index (χ1v) is 6.79. The first-order chi connectivity index (χ1) is 7.79. The Morgan fingerprint density at radius 2 is 1.81 bits per heavy atom. The van der Waals surface area contributed by atoms with Gasteiger partial charge in [0.1, 0.15) is 5.72 Å². The Morgan fingerprint density at radius 1 is 1.06 bits per heavy atom. The van der Waals surface area contributed by atoms with Crippen LogP contribution in [0.2, 0.25) is 0 Å². The Labute approximate surface area is 96.9 Å². The molecule has 0 aromatic heterocycles. The normalized spacial score (nSPS) is 37.9. The maximum Gasteiger partial charge on any atom is 0.227 e. The molecular weight excluding hydrogens is 202 g/mol. The van der Waals surface area contributed by atoms with Gasteiger partial charge in [-0.2, -0.15) is 0 Å². The zero-order valence-electron chi connectivity index (χ0n) is 9.84. The van der Waals surface area contributed by atoms with E-state index in [4.69, 9.17) is 4.74 Å². The van der Waals surface area contributed by atoms with E-state index in [1.165, 1.54) is 32.1 Å². The molecule has 2 saturated carbocycles. The second-order valence-corrected chi connectivity index (χ2v) is 5.59. The fourth-order valence-corrected chi connectivity index (χ4v) is 3.54. The van der Waals surface area contributed by atoms with Gasteiger partial charge in [-0.15, -0.1) is 0 Å². The molecule has 1 N–H and O–H groups in total. The maximum absolute atomic E-state index is 12.1. The van der Waals surface area contributed by atoms with Crippen molar-refractivity contribution in [1.82, 2.24) is 5.32 Å². The van der Waals surface area contributed by atoms with Gasteiger partial charge in [0.2, 0.25) is 5.91 Å². The molecule has 1 amide bonds. The summed E-state index contributed by atoms with van der Waals surface area (Å²) in [5, 5.41) is 3.17. The van der Waals surface area contributed by atoms with Gasteiger partial charge < -0.3 is 10.1 Å². The summed E-state index contributed by atoms with van der Waals surface area (Å²) in [5.74, 6) is 0.402. The lowest BCUT2D eigenvalue weighted by Crippen LogP contribution is -2.62. The molecule has 1 spiro atoms. The molecule has 1 aliphatic heterocycles. The summed E-state index contributed by atoms with van der Waals surface area (Å²) < 4.78 is 6.26. The lowest BCUT2D eigenvalue weighted by atomic mass is 9.81. The van der Waals surface area contributed by atoms with E-state index >= 15 is 0 Å². The van der Waals surface area contributed by atoms with Crippen LogP contribution in [0.1, 0.15) is 57.8 Å². The lowest BCUT2D eigenvalue weighted by molar-refractivity contribution is -0.197. The zero-order valence-corrected chi connectivity index (χ0v) is 9.84. The van der Waals surface area contributed by atoms with Crippen LogP contribution >= 0.6 is 0 Å². The van der Waals surface area contributed by atoms with Crippen LogP contribution in [0.4, 0.5) is 0 Å². The van der Waals surface area contributed by atoms with Gasteiger partial charge in [0.15, 0.2) is 0 Å². The van der Waals surface area contributed by atoms with Crippen molar-refractivity contribution in [2.24, 2.45) is 5.92 Å². The topological polar surface area (TPSA) is 38.3 Å². The van der Waals surface area contributed by atoms with Crippen molar-refractivity contribution in [1.29, 1.82) is 0 Å². The number of carbonyl (C=O) groups excluding carboxylic acids is 1. The summed E-state index contributed by atoms with van der Waals surface area (Å²) in [5.41, 5.74) is -0.284. The quantitative estimate of drug-likeness (QED) is 0.684. The molecule has 3 nitrogen and oxygen atoms in total. The molecule has 90 valence electrons. The molecule has 16 heavy (non-hydrogen) atoms. The number of amides is 1. The number of hydrogen-bond donors (Lipinski definition) is 1. The van der Waals surface area contributed by atoms with Crippen molar-refractivity contribution in [3.05, 3.63) is 0 Å². The highest BCUT2D eigenvalue weighted by Crippen LogP contribution is 2.39. The van der Waals surface area contributed by atoms with Crippen LogP contribution in [-0.2, 0) is 9.53 Å². The van der Waals surface area contributed by atoms with Crippen LogP contribution in [0, 0.1) is 5.92 Å². The molecule has 3 heteroatoms. The Bertz CT molecular complexity index is 284. The summed E-state index contributed by atoms with van der Waals surface area (Å²) in [6.45, 7) is 0. The average Bonchev–Trinajstić information content (AvgIpc) is 2.30. The molecule has 3 fully saturated rings. The van der Waals surface area contributed by atoms with Crippen molar-refractivity contribution in [3.8, 4) is 0 Å². The van der Waals surface area contributed by atoms with Gasteiger partial charge in [0.25, 0.3) is 0 Å². The third-order valence-electron chi connectivity index (χ3n) is 4.43. The first-order valence-electron chi connectivity index (χ1n) is 6.79. The van der Waals surface area contributed by atoms with E-state index in [1.807, 2.05) is 0 Å². The minimum atomic E-state index is -0.284. The summed E-state index contributed by atoms with van der Waals surface area (Å²) in [6.07, 6.45) is 10.4. The van der Waals surface area contributed by atoms with Crippen LogP contribution < -0.4 is 5.32 Å². The average molecular weight is 223 g/mol. The van der Waals surface area contributed by atoms with Gasteiger partial charge in [-0.05, 0) is 38.5 Å². The fraction of sp³-hybridized carbons (Fsp3) is 0.923.